The van der Waals surface area contributed by atoms with E-state index in [1.165, 1.54) is 12.1 Å². The molecule has 0 spiro atoms. The van der Waals surface area contributed by atoms with Gasteiger partial charge in [0.25, 0.3) is 0 Å². The van der Waals surface area contributed by atoms with Gasteiger partial charge in [-0.2, -0.15) is 0 Å². The van der Waals surface area contributed by atoms with E-state index in [2.05, 4.69) is 4.74 Å². The molecule has 6 heteroatoms. The van der Waals surface area contributed by atoms with Crippen molar-refractivity contribution in [1.29, 1.82) is 0 Å². The van der Waals surface area contributed by atoms with Crippen molar-refractivity contribution < 1.29 is 23.0 Å². The lowest BCUT2D eigenvalue weighted by atomic mass is 10.2. The minimum atomic E-state index is -4.66. The first kappa shape index (κ1) is 15.8. The van der Waals surface area contributed by atoms with Gasteiger partial charge in [0, 0.05) is 13.1 Å². The number of halogens is 3. The zero-order valence-corrected chi connectivity index (χ0v) is 10.8. The summed E-state index contributed by atoms with van der Waals surface area (Å²) in [6, 6.07) is 5.79. The largest absolute Gasteiger partial charge is 0.573 e. The van der Waals surface area contributed by atoms with Crippen molar-refractivity contribution >= 4 is 0 Å². The van der Waals surface area contributed by atoms with E-state index in [1.54, 1.807) is 12.1 Å². The van der Waals surface area contributed by atoms with Gasteiger partial charge in [-0.15, -0.1) is 13.2 Å². The van der Waals surface area contributed by atoms with Gasteiger partial charge in [-0.3, -0.25) is 4.90 Å². The van der Waals surface area contributed by atoms with E-state index in [0.717, 1.165) is 18.5 Å². The maximum atomic E-state index is 12.0. The van der Waals surface area contributed by atoms with Gasteiger partial charge in [-0.05, 0) is 30.7 Å². The second kappa shape index (κ2) is 7.35. The van der Waals surface area contributed by atoms with Crippen molar-refractivity contribution in [2.45, 2.75) is 26.3 Å². The quantitative estimate of drug-likeness (QED) is 0.832. The predicted molar refractivity (Wildman–Crippen MR) is 65.8 cm³/mol. The third-order valence-electron chi connectivity index (χ3n) is 2.52. The van der Waals surface area contributed by atoms with Crippen LogP contribution < -0.4 is 4.74 Å². The van der Waals surface area contributed by atoms with Crippen LogP contribution in [0.1, 0.15) is 18.9 Å². The highest BCUT2D eigenvalue weighted by molar-refractivity contribution is 5.27. The predicted octanol–water partition coefficient (Wildman–Crippen LogP) is 2.79. The van der Waals surface area contributed by atoms with Crippen molar-refractivity contribution in [3.8, 4) is 5.75 Å². The molecular formula is C13H18F3NO2. The summed E-state index contributed by atoms with van der Waals surface area (Å²) in [5.74, 6) is -0.222. The van der Waals surface area contributed by atoms with Gasteiger partial charge in [0.1, 0.15) is 5.75 Å². The molecule has 0 saturated carbocycles. The molecule has 0 bridgehead atoms. The molecule has 1 N–H and O–H groups in total. The van der Waals surface area contributed by atoms with Gasteiger partial charge >= 0.3 is 6.36 Å². The molecule has 0 aliphatic rings. The topological polar surface area (TPSA) is 32.7 Å². The minimum Gasteiger partial charge on any atom is -0.406 e. The van der Waals surface area contributed by atoms with Crippen LogP contribution in [-0.2, 0) is 6.54 Å². The first-order chi connectivity index (χ1) is 8.94. The third-order valence-corrected chi connectivity index (χ3v) is 2.52. The van der Waals surface area contributed by atoms with Crippen LogP contribution in [0.2, 0.25) is 0 Å². The average Bonchev–Trinajstić information content (AvgIpc) is 2.30. The van der Waals surface area contributed by atoms with Gasteiger partial charge in [-0.25, -0.2) is 0 Å². The van der Waals surface area contributed by atoms with E-state index < -0.39 is 6.36 Å². The highest BCUT2D eigenvalue weighted by Gasteiger charge is 2.30. The number of nitrogens with zero attached hydrogens (tertiary/aromatic N) is 1. The zero-order chi connectivity index (χ0) is 14.3. The van der Waals surface area contributed by atoms with Crippen LogP contribution in [0.5, 0.6) is 5.75 Å². The Balaban J connectivity index is 2.60. The molecular weight excluding hydrogens is 259 g/mol. The normalized spacial score (nSPS) is 11.9. The molecule has 0 amide bonds. The molecule has 108 valence electrons. The molecule has 0 aliphatic heterocycles. The van der Waals surface area contributed by atoms with Crippen LogP contribution in [0.4, 0.5) is 13.2 Å². The van der Waals surface area contributed by atoms with E-state index in [0.29, 0.717) is 13.1 Å². The van der Waals surface area contributed by atoms with Gasteiger partial charge in [-0.1, -0.05) is 19.1 Å². The fourth-order valence-electron chi connectivity index (χ4n) is 1.78. The molecule has 1 rings (SSSR count). The van der Waals surface area contributed by atoms with Crippen LogP contribution in [0.15, 0.2) is 24.3 Å². The Morgan fingerprint density at radius 1 is 1.16 bits per heavy atom. The standard InChI is InChI=1S/C13H18F3NO2/c1-2-7-17(8-9-18)10-11-3-5-12(6-4-11)19-13(14,15)16/h3-6,18H,2,7-10H2,1H3. The number of benzene rings is 1. The molecule has 0 aliphatic carbocycles. The molecule has 19 heavy (non-hydrogen) atoms. The van der Waals surface area contributed by atoms with Crippen LogP contribution in [0.25, 0.3) is 0 Å². The van der Waals surface area contributed by atoms with Crippen LogP contribution in [-0.4, -0.2) is 36.1 Å². The number of hydrogen-bond donors (Lipinski definition) is 1. The Labute approximate surface area is 110 Å². The van der Waals surface area contributed by atoms with Crippen LogP contribution in [0, 0.1) is 0 Å². The van der Waals surface area contributed by atoms with Gasteiger partial charge < -0.3 is 9.84 Å². The number of alkyl halides is 3. The monoisotopic (exact) mass is 277 g/mol. The minimum absolute atomic E-state index is 0.0648. The summed E-state index contributed by atoms with van der Waals surface area (Å²) in [7, 11) is 0. The smallest absolute Gasteiger partial charge is 0.406 e. The SMILES string of the molecule is CCCN(CCO)Cc1ccc(OC(F)(F)F)cc1. The summed E-state index contributed by atoms with van der Waals surface area (Å²) in [6.45, 7) is 4.08. The third kappa shape index (κ3) is 6.45. The van der Waals surface area contributed by atoms with E-state index in [4.69, 9.17) is 5.11 Å². The molecule has 0 aromatic heterocycles. The highest BCUT2D eigenvalue weighted by atomic mass is 19.4. The Morgan fingerprint density at radius 2 is 1.79 bits per heavy atom. The lowest BCUT2D eigenvalue weighted by Crippen LogP contribution is -2.27. The maximum absolute atomic E-state index is 12.0. The molecule has 0 heterocycles. The van der Waals surface area contributed by atoms with E-state index >= 15 is 0 Å². The second-order valence-electron chi connectivity index (χ2n) is 4.19. The lowest BCUT2D eigenvalue weighted by molar-refractivity contribution is -0.274. The molecule has 1 aromatic rings. The summed E-state index contributed by atoms with van der Waals surface area (Å²) in [4.78, 5) is 2.04. The molecule has 0 atom stereocenters. The first-order valence-corrected chi connectivity index (χ1v) is 6.12. The van der Waals surface area contributed by atoms with Gasteiger partial charge in [0.05, 0.1) is 6.61 Å². The summed E-state index contributed by atoms with van der Waals surface area (Å²) in [5.41, 5.74) is 0.886. The molecule has 0 saturated heterocycles. The summed E-state index contributed by atoms with van der Waals surface area (Å²) in [5, 5.41) is 8.93. The average molecular weight is 277 g/mol. The zero-order valence-electron chi connectivity index (χ0n) is 10.8. The Morgan fingerprint density at radius 3 is 2.26 bits per heavy atom. The number of hydrogen-bond acceptors (Lipinski definition) is 3. The van der Waals surface area contributed by atoms with Gasteiger partial charge in [0.2, 0.25) is 0 Å². The van der Waals surface area contributed by atoms with Crippen molar-refractivity contribution in [3.63, 3.8) is 0 Å². The summed E-state index contributed by atoms with van der Waals surface area (Å²) < 4.78 is 39.8. The van der Waals surface area contributed by atoms with Crippen molar-refractivity contribution in [1.82, 2.24) is 4.90 Å². The van der Waals surface area contributed by atoms with Crippen molar-refractivity contribution in [3.05, 3.63) is 29.8 Å². The number of aliphatic hydroxyl groups excluding tert-OH is 1. The second-order valence-corrected chi connectivity index (χ2v) is 4.19. The van der Waals surface area contributed by atoms with Crippen molar-refractivity contribution in [2.24, 2.45) is 0 Å². The molecule has 1 aromatic carbocycles. The van der Waals surface area contributed by atoms with E-state index in [-0.39, 0.29) is 12.4 Å². The Hall–Kier alpha value is -1.27. The summed E-state index contributed by atoms with van der Waals surface area (Å²) >= 11 is 0. The number of aliphatic hydroxyl groups is 1. The Bertz CT molecular complexity index is 359. The van der Waals surface area contributed by atoms with Gasteiger partial charge in [0.15, 0.2) is 0 Å². The lowest BCUT2D eigenvalue weighted by Gasteiger charge is -2.20. The van der Waals surface area contributed by atoms with Crippen LogP contribution >= 0.6 is 0 Å². The maximum Gasteiger partial charge on any atom is 0.573 e. The summed E-state index contributed by atoms with van der Waals surface area (Å²) in [6.07, 6.45) is -3.71. The first-order valence-electron chi connectivity index (χ1n) is 6.12. The molecule has 0 unspecified atom stereocenters. The molecule has 0 radical (unpaired) electrons. The highest BCUT2D eigenvalue weighted by Crippen LogP contribution is 2.23. The van der Waals surface area contributed by atoms with Crippen LogP contribution in [0.3, 0.4) is 0 Å². The number of ether oxygens (including phenoxy) is 1. The van der Waals surface area contributed by atoms with E-state index in [1.807, 2.05) is 11.8 Å². The van der Waals surface area contributed by atoms with E-state index in [9.17, 15) is 13.2 Å². The molecule has 0 fully saturated rings. The number of rotatable bonds is 7. The molecule has 3 nitrogen and oxygen atoms in total. The fraction of sp³-hybridized carbons (Fsp3) is 0.538. The fourth-order valence-corrected chi connectivity index (χ4v) is 1.78. The van der Waals surface area contributed by atoms with Crippen molar-refractivity contribution in [2.75, 3.05) is 19.7 Å². The Kier molecular flexibility index (Phi) is 6.11.